The Labute approximate surface area is 67.0 Å². The Morgan fingerprint density at radius 1 is 1.55 bits per heavy atom. The van der Waals surface area contributed by atoms with Crippen LogP contribution in [0.4, 0.5) is 0 Å². The molecule has 0 amide bonds. The van der Waals surface area contributed by atoms with Gasteiger partial charge in [0, 0.05) is 11.8 Å². The van der Waals surface area contributed by atoms with E-state index in [1.54, 1.807) is 6.92 Å². The van der Waals surface area contributed by atoms with Crippen molar-refractivity contribution in [3.8, 4) is 0 Å². The summed E-state index contributed by atoms with van der Waals surface area (Å²) < 4.78 is 0. The highest BCUT2D eigenvalue weighted by molar-refractivity contribution is 5.82. The van der Waals surface area contributed by atoms with E-state index in [2.05, 4.69) is 0 Å². The lowest BCUT2D eigenvalue weighted by molar-refractivity contribution is -0.140. The molecule has 0 N–H and O–H groups in total. The zero-order valence-corrected chi connectivity index (χ0v) is 7.26. The van der Waals surface area contributed by atoms with E-state index in [0.29, 0.717) is 0 Å². The average molecular weight is 154 g/mol. The molecule has 2 heteroatoms. The first-order chi connectivity index (χ1) is 5.00. The topological polar surface area (TPSA) is 34.1 Å². The lowest BCUT2D eigenvalue weighted by Gasteiger charge is -2.48. The first kappa shape index (κ1) is 8.44. The van der Waals surface area contributed by atoms with Crippen LogP contribution in [0.25, 0.3) is 0 Å². The van der Waals surface area contributed by atoms with Gasteiger partial charge in [-0.15, -0.1) is 0 Å². The van der Waals surface area contributed by atoms with Gasteiger partial charge in [-0.1, -0.05) is 13.8 Å². The molecule has 11 heavy (non-hydrogen) atoms. The quantitative estimate of drug-likeness (QED) is 0.564. The molecule has 2 atom stereocenters. The van der Waals surface area contributed by atoms with Crippen LogP contribution in [0.3, 0.4) is 0 Å². The van der Waals surface area contributed by atoms with Crippen molar-refractivity contribution in [1.82, 2.24) is 0 Å². The summed E-state index contributed by atoms with van der Waals surface area (Å²) >= 11 is 0. The molecule has 1 fully saturated rings. The van der Waals surface area contributed by atoms with Gasteiger partial charge in [-0.25, -0.2) is 0 Å². The maximum absolute atomic E-state index is 11.0. The largest absolute Gasteiger partial charge is 0.303 e. The van der Waals surface area contributed by atoms with Gasteiger partial charge in [0.2, 0.25) is 0 Å². The second kappa shape index (κ2) is 2.43. The molecule has 0 heterocycles. The minimum absolute atomic E-state index is 0.0897. The van der Waals surface area contributed by atoms with Crippen LogP contribution in [0.15, 0.2) is 0 Å². The van der Waals surface area contributed by atoms with Crippen LogP contribution in [0.2, 0.25) is 0 Å². The first-order valence-electron chi connectivity index (χ1n) is 3.96. The molecular weight excluding hydrogens is 140 g/mol. The van der Waals surface area contributed by atoms with Gasteiger partial charge in [0.05, 0.1) is 0 Å². The number of Topliss-reactive ketones (excluding diaryl/α,β-unsaturated/α-hetero) is 1. The van der Waals surface area contributed by atoms with Gasteiger partial charge in [0.15, 0.2) is 0 Å². The molecule has 0 radical (unpaired) electrons. The van der Waals surface area contributed by atoms with Crippen LogP contribution < -0.4 is 0 Å². The molecule has 1 saturated carbocycles. The van der Waals surface area contributed by atoms with E-state index in [-0.39, 0.29) is 23.0 Å². The van der Waals surface area contributed by atoms with Gasteiger partial charge < -0.3 is 4.79 Å². The maximum atomic E-state index is 11.0. The van der Waals surface area contributed by atoms with E-state index >= 15 is 0 Å². The molecule has 0 aliphatic heterocycles. The third kappa shape index (κ3) is 1.10. The smallest absolute Gasteiger partial charge is 0.133 e. The predicted molar refractivity (Wildman–Crippen MR) is 42.1 cm³/mol. The van der Waals surface area contributed by atoms with Crippen molar-refractivity contribution < 1.29 is 9.59 Å². The molecule has 0 spiro atoms. The monoisotopic (exact) mass is 154 g/mol. The van der Waals surface area contributed by atoms with Gasteiger partial charge in [-0.3, -0.25) is 4.79 Å². The van der Waals surface area contributed by atoms with Crippen LogP contribution in [0.1, 0.15) is 27.2 Å². The van der Waals surface area contributed by atoms with Crippen molar-refractivity contribution in [2.24, 2.45) is 17.3 Å². The molecule has 2 nitrogen and oxygen atoms in total. The van der Waals surface area contributed by atoms with E-state index in [1.807, 2.05) is 13.8 Å². The fraction of sp³-hybridized carbons (Fsp3) is 0.778. The Bertz CT molecular complexity index is 194. The molecule has 0 unspecified atom stereocenters. The summed E-state index contributed by atoms with van der Waals surface area (Å²) in [7, 11) is 0. The fourth-order valence-electron chi connectivity index (χ4n) is 1.88. The number of carbonyl (C=O) groups excluding carboxylic acids is 2. The molecule has 0 saturated heterocycles. The zero-order valence-electron chi connectivity index (χ0n) is 7.26. The van der Waals surface area contributed by atoms with E-state index in [4.69, 9.17) is 0 Å². The van der Waals surface area contributed by atoms with E-state index < -0.39 is 0 Å². The number of aldehydes is 1. The molecule has 1 aliphatic rings. The molecular formula is C9H14O2. The summed E-state index contributed by atoms with van der Waals surface area (Å²) in [6.07, 6.45) is 1.73. The van der Waals surface area contributed by atoms with Crippen molar-refractivity contribution in [2.45, 2.75) is 27.2 Å². The van der Waals surface area contributed by atoms with Crippen LogP contribution in [0.5, 0.6) is 0 Å². The highest BCUT2D eigenvalue weighted by Gasteiger charge is 2.49. The number of rotatable bonds is 2. The normalized spacial score (nSPS) is 34.1. The van der Waals surface area contributed by atoms with Gasteiger partial charge in [-0.05, 0) is 18.8 Å². The van der Waals surface area contributed by atoms with Gasteiger partial charge in [-0.2, -0.15) is 0 Å². The summed E-state index contributed by atoms with van der Waals surface area (Å²) in [5.41, 5.74) is -0.0897. The van der Waals surface area contributed by atoms with Crippen LogP contribution in [-0.4, -0.2) is 12.1 Å². The highest BCUT2D eigenvalue weighted by Crippen LogP contribution is 2.50. The van der Waals surface area contributed by atoms with Crippen molar-refractivity contribution in [2.75, 3.05) is 0 Å². The molecule has 0 bridgehead atoms. The van der Waals surface area contributed by atoms with E-state index in [9.17, 15) is 9.59 Å². The minimum atomic E-state index is -0.0897. The summed E-state index contributed by atoms with van der Waals surface area (Å²) in [5.74, 6) is 0.419. The number of hydrogen-bond acceptors (Lipinski definition) is 2. The molecule has 0 aromatic heterocycles. The minimum Gasteiger partial charge on any atom is -0.303 e. The van der Waals surface area contributed by atoms with Gasteiger partial charge in [0.25, 0.3) is 0 Å². The Kier molecular flexibility index (Phi) is 1.87. The van der Waals surface area contributed by atoms with Crippen LogP contribution >= 0.6 is 0 Å². The van der Waals surface area contributed by atoms with Crippen molar-refractivity contribution in [3.05, 3.63) is 0 Å². The Morgan fingerprint density at radius 3 is 2.36 bits per heavy atom. The average Bonchev–Trinajstić information content (AvgIpc) is 1.85. The Hall–Kier alpha value is -0.660. The highest BCUT2D eigenvalue weighted by atomic mass is 16.1. The zero-order chi connectivity index (χ0) is 8.65. The van der Waals surface area contributed by atoms with E-state index in [0.717, 1.165) is 12.7 Å². The van der Waals surface area contributed by atoms with Crippen molar-refractivity contribution >= 4 is 12.1 Å². The molecule has 1 aliphatic carbocycles. The van der Waals surface area contributed by atoms with Gasteiger partial charge >= 0.3 is 0 Å². The standard InChI is InChI=1S/C9H14O2/c1-6(11)8-4-7(5-10)9(8,2)3/h5,7-8H,4H2,1-3H3/t7-,8+/m0/s1. The fourth-order valence-corrected chi connectivity index (χ4v) is 1.88. The first-order valence-corrected chi connectivity index (χ1v) is 3.96. The molecule has 0 aromatic rings. The van der Waals surface area contributed by atoms with Crippen molar-refractivity contribution in [3.63, 3.8) is 0 Å². The SMILES string of the molecule is CC(=O)[C@H]1C[C@@H](C=O)C1(C)C. The second-order valence-electron chi connectivity index (χ2n) is 3.96. The summed E-state index contributed by atoms with van der Waals surface area (Å²) in [6, 6.07) is 0. The Morgan fingerprint density at radius 2 is 2.09 bits per heavy atom. The summed E-state index contributed by atoms with van der Waals surface area (Å²) in [4.78, 5) is 21.4. The second-order valence-corrected chi connectivity index (χ2v) is 3.96. The van der Waals surface area contributed by atoms with Crippen LogP contribution in [0, 0.1) is 17.3 Å². The predicted octanol–water partition coefficient (Wildman–Crippen LogP) is 1.44. The van der Waals surface area contributed by atoms with Crippen LogP contribution in [-0.2, 0) is 9.59 Å². The maximum Gasteiger partial charge on any atom is 0.133 e. The number of hydrogen-bond donors (Lipinski definition) is 0. The third-order valence-corrected chi connectivity index (χ3v) is 3.00. The molecule has 0 aromatic carbocycles. The Balaban J connectivity index is 2.68. The van der Waals surface area contributed by atoms with Crippen molar-refractivity contribution in [1.29, 1.82) is 0 Å². The number of carbonyl (C=O) groups is 2. The number of ketones is 1. The summed E-state index contributed by atoms with van der Waals surface area (Å²) in [5, 5.41) is 0. The van der Waals surface area contributed by atoms with Gasteiger partial charge in [0.1, 0.15) is 12.1 Å². The lowest BCUT2D eigenvalue weighted by atomic mass is 9.54. The third-order valence-electron chi connectivity index (χ3n) is 3.00. The van der Waals surface area contributed by atoms with E-state index in [1.165, 1.54) is 0 Å². The molecule has 1 rings (SSSR count). The molecule has 62 valence electrons. The lowest BCUT2D eigenvalue weighted by Crippen LogP contribution is -2.48. The summed E-state index contributed by atoms with van der Waals surface area (Å²) in [6.45, 7) is 5.58.